The first-order valence-electron chi connectivity index (χ1n) is 14.4. The van der Waals surface area contributed by atoms with Crippen LogP contribution in [0.15, 0.2) is 29.3 Å². The Balaban J connectivity index is 1.12. The molecule has 1 aliphatic carbocycles. The summed E-state index contributed by atoms with van der Waals surface area (Å²) in [5.74, 6) is 0.0694. The smallest absolute Gasteiger partial charge is 0.255 e. The number of fused-ring (bicyclic) bond motifs is 1. The zero-order chi connectivity index (χ0) is 27.3. The van der Waals surface area contributed by atoms with Gasteiger partial charge in [-0.15, -0.1) is 11.3 Å². The molecule has 0 aromatic carbocycles. The fourth-order valence-corrected chi connectivity index (χ4v) is 8.38. The molecule has 2 fully saturated rings. The molecule has 3 aromatic rings. The zero-order valence-electron chi connectivity index (χ0n) is 23.6. The second-order valence-electron chi connectivity index (χ2n) is 11.6. The number of pyridine rings is 1. The molecular weight excluding hydrogens is 508 g/mol. The number of amides is 1. The molecule has 5 heterocycles. The summed E-state index contributed by atoms with van der Waals surface area (Å²) in [6, 6.07) is 5.71. The molecule has 1 saturated heterocycles. The maximum atomic E-state index is 13.7. The van der Waals surface area contributed by atoms with Crippen LogP contribution in [0.1, 0.15) is 76.3 Å². The zero-order valence-corrected chi connectivity index (χ0v) is 24.4. The molecule has 0 spiro atoms. The number of rotatable bonds is 7. The fraction of sp³-hybridized carbons (Fsp3) is 0.567. The standard InChI is InChI=1S/C30H40N6O2S/c1-5-35(23-9-7-22(8-10-23)34-16-24(17-34)36-13-6-12-31-36)30-21(4)27-26(39-30)11-14-33(29(27)38)18-25-19(2)15-20(3)32-28(25)37/h6,12-13,15,22-24H,5,7-11,14,16-18H2,1-4H3,(H,32,37)/t22-,23+. The molecule has 0 unspecified atom stereocenters. The number of thiophene rings is 1. The first kappa shape index (κ1) is 26.3. The number of nitrogens with zero attached hydrogens (tertiary/aromatic N) is 5. The van der Waals surface area contributed by atoms with Crippen molar-refractivity contribution >= 4 is 22.2 Å². The second-order valence-corrected chi connectivity index (χ2v) is 12.7. The van der Waals surface area contributed by atoms with Gasteiger partial charge in [0.25, 0.3) is 11.5 Å². The van der Waals surface area contributed by atoms with E-state index in [0.29, 0.717) is 36.8 Å². The monoisotopic (exact) mass is 548 g/mol. The third-order valence-electron chi connectivity index (χ3n) is 9.16. The number of carbonyl (C=O) groups excluding carboxylic acids is 1. The predicted molar refractivity (Wildman–Crippen MR) is 156 cm³/mol. The van der Waals surface area contributed by atoms with Gasteiger partial charge in [-0.25, -0.2) is 0 Å². The van der Waals surface area contributed by atoms with Gasteiger partial charge < -0.3 is 14.8 Å². The van der Waals surface area contributed by atoms with Crippen LogP contribution in [0, 0.1) is 20.8 Å². The van der Waals surface area contributed by atoms with Gasteiger partial charge in [-0.1, -0.05) is 0 Å². The van der Waals surface area contributed by atoms with Gasteiger partial charge in [0.1, 0.15) is 0 Å². The minimum Gasteiger partial charge on any atom is -0.361 e. The molecule has 3 aromatic heterocycles. The molecule has 1 amide bonds. The molecule has 6 rings (SSSR count). The van der Waals surface area contributed by atoms with E-state index in [2.05, 4.69) is 44.6 Å². The van der Waals surface area contributed by atoms with E-state index in [9.17, 15) is 9.59 Å². The molecule has 1 saturated carbocycles. The lowest BCUT2D eigenvalue weighted by Crippen LogP contribution is -2.54. The minimum atomic E-state index is -0.0864. The molecule has 0 atom stereocenters. The van der Waals surface area contributed by atoms with E-state index in [1.54, 1.807) is 0 Å². The van der Waals surface area contributed by atoms with Crippen molar-refractivity contribution in [1.82, 2.24) is 24.6 Å². The number of H-pyrrole nitrogens is 1. The Morgan fingerprint density at radius 1 is 1.10 bits per heavy atom. The summed E-state index contributed by atoms with van der Waals surface area (Å²) in [6.45, 7) is 12.4. The highest BCUT2D eigenvalue weighted by Gasteiger charge is 2.38. The number of likely N-dealkylation sites (tertiary alicyclic amines) is 1. The summed E-state index contributed by atoms with van der Waals surface area (Å²) < 4.78 is 2.10. The Bertz CT molecular complexity index is 1400. The lowest BCUT2D eigenvalue weighted by Gasteiger charge is -2.47. The summed E-state index contributed by atoms with van der Waals surface area (Å²) in [5, 5.41) is 5.69. The Morgan fingerprint density at radius 3 is 2.54 bits per heavy atom. The van der Waals surface area contributed by atoms with E-state index in [-0.39, 0.29) is 11.5 Å². The van der Waals surface area contributed by atoms with Crippen LogP contribution in [-0.4, -0.2) is 68.7 Å². The summed E-state index contributed by atoms with van der Waals surface area (Å²) in [6.07, 6.45) is 9.65. The quantitative estimate of drug-likeness (QED) is 0.472. The maximum Gasteiger partial charge on any atom is 0.255 e. The predicted octanol–water partition coefficient (Wildman–Crippen LogP) is 4.45. The lowest BCUT2D eigenvalue weighted by molar-refractivity contribution is 0.0334. The third kappa shape index (κ3) is 4.84. The molecule has 9 heteroatoms. The van der Waals surface area contributed by atoms with Gasteiger partial charge in [0, 0.05) is 73.2 Å². The topological polar surface area (TPSA) is 77.5 Å². The van der Waals surface area contributed by atoms with Crippen molar-refractivity contribution in [2.75, 3.05) is 31.1 Å². The molecule has 0 radical (unpaired) electrons. The SMILES string of the molecule is CCN(c1sc2c(c1C)C(=O)N(Cc1c(C)cc(C)[nH]c1=O)CC2)[C@H]1CC[C@@H](N2CC(n3cccn3)C2)CC1. The second kappa shape index (κ2) is 10.6. The van der Waals surface area contributed by atoms with Crippen LogP contribution in [0.3, 0.4) is 0 Å². The van der Waals surface area contributed by atoms with Crippen molar-refractivity contribution in [2.45, 2.75) is 84.5 Å². The van der Waals surface area contributed by atoms with E-state index in [1.165, 1.54) is 35.6 Å². The van der Waals surface area contributed by atoms with Crippen molar-refractivity contribution in [2.24, 2.45) is 0 Å². The van der Waals surface area contributed by atoms with Crippen molar-refractivity contribution in [3.8, 4) is 0 Å². The normalized spacial score (nSPS) is 22.2. The number of hydrogen-bond acceptors (Lipinski definition) is 6. The molecule has 0 bridgehead atoms. The molecule has 8 nitrogen and oxygen atoms in total. The third-order valence-corrected chi connectivity index (χ3v) is 10.6. The van der Waals surface area contributed by atoms with Gasteiger partial charge in [-0.05, 0) is 76.6 Å². The van der Waals surface area contributed by atoms with Crippen molar-refractivity contribution in [3.05, 3.63) is 67.7 Å². The fourth-order valence-electron chi connectivity index (χ4n) is 6.96. The number of aromatic amines is 1. The van der Waals surface area contributed by atoms with Crippen LogP contribution in [0.25, 0.3) is 0 Å². The van der Waals surface area contributed by atoms with Crippen LogP contribution in [0.4, 0.5) is 5.00 Å². The number of aromatic nitrogens is 3. The minimum absolute atomic E-state index is 0.0694. The highest BCUT2D eigenvalue weighted by Crippen LogP contribution is 2.42. The molecular formula is C30H40N6O2S. The van der Waals surface area contributed by atoms with E-state index < -0.39 is 0 Å². The summed E-state index contributed by atoms with van der Waals surface area (Å²) >= 11 is 1.82. The molecule has 3 aliphatic rings. The lowest BCUT2D eigenvalue weighted by atomic mass is 9.87. The number of carbonyl (C=O) groups is 1. The Kier molecular flexibility index (Phi) is 7.14. The van der Waals surface area contributed by atoms with E-state index in [0.717, 1.165) is 48.4 Å². The Morgan fingerprint density at radius 2 is 1.87 bits per heavy atom. The number of hydrogen-bond donors (Lipinski definition) is 1. The summed E-state index contributed by atoms with van der Waals surface area (Å²) in [4.78, 5) is 37.5. The van der Waals surface area contributed by atoms with Crippen molar-refractivity contribution < 1.29 is 4.79 Å². The van der Waals surface area contributed by atoms with Crippen LogP contribution >= 0.6 is 11.3 Å². The van der Waals surface area contributed by atoms with E-state index >= 15 is 0 Å². The van der Waals surface area contributed by atoms with E-state index in [1.807, 2.05) is 48.4 Å². The van der Waals surface area contributed by atoms with Crippen LogP contribution in [0.5, 0.6) is 0 Å². The van der Waals surface area contributed by atoms with Gasteiger partial charge in [0.15, 0.2) is 0 Å². The number of aryl methyl sites for hydroxylation is 2. The van der Waals surface area contributed by atoms with Gasteiger partial charge in [-0.2, -0.15) is 5.10 Å². The van der Waals surface area contributed by atoms with Crippen LogP contribution in [0.2, 0.25) is 0 Å². The molecule has 2 aliphatic heterocycles. The van der Waals surface area contributed by atoms with Gasteiger partial charge >= 0.3 is 0 Å². The van der Waals surface area contributed by atoms with Gasteiger partial charge in [0.2, 0.25) is 0 Å². The number of anilines is 1. The summed E-state index contributed by atoms with van der Waals surface area (Å²) in [5.41, 5.74) is 4.39. The van der Waals surface area contributed by atoms with Crippen LogP contribution in [-0.2, 0) is 13.0 Å². The van der Waals surface area contributed by atoms with E-state index in [4.69, 9.17) is 0 Å². The number of nitrogens with one attached hydrogen (secondary N) is 1. The molecule has 39 heavy (non-hydrogen) atoms. The maximum absolute atomic E-state index is 13.7. The van der Waals surface area contributed by atoms with Crippen molar-refractivity contribution in [3.63, 3.8) is 0 Å². The van der Waals surface area contributed by atoms with Gasteiger partial charge in [-0.3, -0.25) is 19.2 Å². The Hall–Kier alpha value is -2.91. The first-order chi connectivity index (χ1) is 18.8. The average molecular weight is 549 g/mol. The van der Waals surface area contributed by atoms with Crippen molar-refractivity contribution in [1.29, 1.82) is 0 Å². The average Bonchev–Trinajstić information content (AvgIpc) is 3.52. The highest BCUT2D eigenvalue weighted by molar-refractivity contribution is 7.16. The highest BCUT2D eigenvalue weighted by atomic mass is 32.1. The molecule has 1 N–H and O–H groups in total. The molecule has 208 valence electrons. The summed E-state index contributed by atoms with van der Waals surface area (Å²) in [7, 11) is 0. The first-order valence-corrected chi connectivity index (χ1v) is 15.3. The largest absolute Gasteiger partial charge is 0.361 e. The van der Waals surface area contributed by atoms with Gasteiger partial charge in [0.05, 0.1) is 23.2 Å². The van der Waals surface area contributed by atoms with Crippen LogP contribution < -0.4 is 10.5 Å². The Labute approximate surface area is 234 Å².